The summed E-state index contributed by atoms with van der Waals surface area (Å²) >= 11 is 0. The first-order valence-corrected chi connectivity index (χ1v) is 7.90. The highest BCUT2D eigenvalue weighted by molar-refractivity contribution is 7.94. The van der Waals surface area contributed by atoms with Crippen LogP contribution in [0, 0.1) is 0 Å². The number of benzene rings is 1. The van der Waals surface area contributed by atoms with Crippen LogP contribution in [-0.2, 0) is 9.84 Å². The van der Waals surface area contributed by atoms with Crippen molar-refractivity contribution in [2.75, 3.05) is 5.75 Å². The molecule has 1 aromatic rings. The average Bonchev–Trinajstić information content (AvgIpc) is 2.78. The van der Waals surface area contributed by atoms with Crippen LogP contribution in [0.5, 0.6) is 0 Å². The molecular formula is C13H17N3O3S. The summed E-state index contributed by atoms with van der Waals surface area (Å²) in [6, 6.07) is 9.01. The minimum atomic E-state index is -3.11. The Morgan fingerprint density at radius 1 is 1.45 bits per heavy atom. The molecule has 7 heteroatoms. The molecule has 0 fully saturated rings. The third-order valence-electron chi connectivity index (χ3n) is 3.09. The van der Waals surface area contributed by atoms with Crippen molar-refractivity contribution in [2.24, 2.45) is 10.9 Å². The van der Waals surface area contributed by atoms with Crippen molar-refractivity contribution in [1.82, 2.24) is 5.32 Å². The topological polar surface area (TPSA) is 105 Å². The van der Waals surface area contributed by atoms with E-state index in [1.807, 2.05) is 30.3 Å². The molecule has 0 aromatic heterocycles. The molecule has 0 saturated heterocycles. The Hall–Kier alpha value is -1.86. The molecule has 0 radical (unpaired) electrons. The van der Waals surface area contributed by atoms with Crippen LogP contribution in [0.2, 0.25) is 0 Å². The number of sulfone groups is 1. The number of hydrogen-bond donors (Lipinski definition) is 3. The lowest BCUT2D eigenvalue weighted by atomic mass is 10.0. The van der Waals surface area contributed by atoms with Crippen molar-refractivity contribution in [3.05, 3.63) is 47.4 Å². The average molecular weight is 295 g/mol. The first kappa shape index (κ1) is 14.5. The normalized spacial score (nSPS) is 22.8. The summed E-state index contributed by atoms with van der Waals surface area (Å²) in [7, 11) is -3.11. The molecule has 2 unspecified atom stereocenters. The van der Waals surface area contributed by atoms with Gasteiger partial charge in [0, 0.05) is 23.9 Å². The number of nitrogens with zero attached hydrogens (tertiary/aromatic N) is 1. The lowest BCUT2D eigenvalue weighted by Crippen LogP contribution is -2.35. The second-order valence-corrected chi connectivity index (χ2v) is 6.62. The Labute approximate surface area is 117 Å². The summed E-state index contributed by atoms with van der Waals surface area (Å²) in [6.07, 6.45) is 1.92. The van der Waals surface area contributed by atoms with Crippen LogP contribution in [0.25, 0.3) is 0 Å². The maximum Gasteiger partial charge on any atom is 0.173 e. The van der Waals surface area contributed by atoms with Gasteiger partial charge in [0.2, 0.25) is 0 Å². The highest BCUT2D eigenvalue weighted by Crippen LogP contribution is 2.19. The van der Waals surface area contributed by atoms with Crippen molar-refractivity contribution in [3.63, 3.8) is 0 Å². The van der Waals surface area contributed by atoms with E-state index in [-0.39, 0.29) is 23.7 Å². The smallest absolute Gasteiger partial charge is 0.173 e. The van der Waals surface area contributed by atoms with Gasteiger partial charge in [-0.25, -0.2) is 8.42 Å². The zero-order chi connectivity index (χ0) is 14.6. The summed E-state index contributed by atoms with van der Waals surface area (Å²) in [5, 5.41) is 16.1. The van der Waals surface area contributed by atoms with Crippen LogP contribution in [-0.4, -0.2) is 31.3 Å². The molecule has 20 heavy (non-hydrogen) atoms. The van der Waals surface area contributed by atoms with Gasteiger partial charge in [-0.15, -0.1) is 0 Å². The van der Waals surface area contributed by atoms with Crippen molar-refractivity contribution in [2.45, 2.75) is 18.5 Å². The summed E-state index contributed by atoms with van der Waals surface area (Å²) in [6.45, 7) is 0. The highest BCUT2D eigenvalue weighted by Gasteiger charge is 2.25. The summed E-state index contributed by atoms with van der Waals surface area (Å²) in [4.78, 5) is 0. The van der Waals surface area contributed by atoms with Crippen LogP contribution < -0.4 is 11.1 Å². The van der Waals surface area contributed by atoms with Gasteiger partial charge in [-0.05, 0) is 5.56 Å². The molecule has 1 aliphatic rings. The van der Waals surface area contributed by atoms with Gasteiger partial charge in [0.15, 0.2) is 9.84 Å². The molecule has 0 aliphatic carbocycles. The Kier molecular flexibility index (Phi) is 4.41. The lowest BCUT2D eigenvalue weighted by Gasteiger charge is -2.21. The molecule has 108 valence electrons. The Balaban J connectivity index is 2.14. The molecule has 1 aromatic carbocycles. The second-order valence-electron chi connectivity index (χ2n) is 4.69. The van der Waals surface area contributed by atoms with Crippen LogP contribution >= 0.6 is 0 Å². The van der Waals surface area contributed by atoms with E-state index in [1.165, 1.54) is 5.41 Å². The standard InChI is InChI=1S/C13H17N3O3S/c14-13(16-17)8-12(10-4-2-1-3-5-10)15-11-6-7-20(18,19)9-11/h1-7,11-12,15,17H,8-9H2,(H2,14,16). The third kappa shape index (κ3) is 3.82. The van der Waals surface area contributed by atoms with Gasteiger partial charge >= 0.3 is 0 Å². The van der Waals surface area contributed by atoms with E-state index >= 15 is 0 Å². The molecule has 0 spiro atoms. The largest absolute Gasteiger partial charge is 0.409 e. The maximum atomic E-state index is 11.4. The first-order valence-electron chi connectivity index (χ1n) is 6.18. The fourth-order valence-electron chi connectivity index (χ4n) is 2.15. The van der Waals surface area contributed by atoms with Crippen LogP contribution in [0.3, 0.4) is 0 Å². The SMILES string of the molecule is NC(CC(NC1C=CS(=O)(=O)C1)c1ccccc1)=NO. The Morgan fingerprint density at radius 3 is 2.70 bits per heavy atom. The van der Waals surface area contributed by atoms with E-state index < -0.39 is 9.84 Å². The molecule has 2 atom stereocenters. The molecule has 1 aliphatic heterocycles. The summed E-state index contributed by atoms with van der Waals surface area (Å²) in [5.41, 5.74) is 6.52. The molecule has 0 bridgehead atoms. The van der Waals surface area contributed by atoms with Gasteiger partial charge in [0.25, 0.3) is 0 Å². The fourth-order valence-corrected chi connectivity index (χ4v) is 3.39. The highest BCUT2D eigenvalue weighted by atomic mass is 32.2. The van der Waals surface area contributed by atoms with E-state index in [0.29, 0.717) is 6.42 Å². The molecular weight excluding hydrogens is 278 g/mol. The number of amidine groups is 1. The van der Waals surface area contributed by atoms with Gasteiger partial charge in [-0.2, -0.15) is 0 Å². The van der Waals surface area contributed by atoms with Crippen LogP contribution in [0.1, 0.15) is 18.0 Å². The quantitative estimate of drug-likeness (QED) is 0.322. The third-order valence-corrected chi connectivity index (χ3v) is 4.48. The van der Waals surface area contributed by atoms with Crippen molar-refractivity contribution >= 4 is 15.7 Å². The maximum absolute atomic E-state index is 11.4. The number of nitrogens with one attached hydrogen (secondary N) is 1. The van der Waals surface area contributed by atoms with Crippen molar-refractivity contribution in [1.29, 1.82) is 0 Å². The minimum Gasteiger partial charge on any atom is -0.409 e. The fraction of sp³-hybridized carbons (Fsp3) is 0.308. The van der Waals surface area contributed by atoms with Crippen LogP contribution in [0.15, 0.2) is 47.0 Å². The lowest BCUT2D eigenvalue weighted by molar-refractivity contribution is 0.315. The molecule has 2 rings (SSSR count). The van der Waals surface area contributed by atoms with Gasteiger partial charge < -0.3 is 16.3 Å². The number of oxime groups is 1. The van der Waals surface area contributed by atoms with E-state index in [1.54, 1.807) is 6.08 Å². The molecule has 0 amide bonds. The first-order chi connectivity index (χ1) is 9.50. The van der Waals surface area contributed by atoms with E-state index in [0.717, 1.165) is 5.56 Å². The zero-order valence-electron chi connectivity index (χ0n) is 10.8. The van der Waals surface area contributed by atoms with E-state index in [9.17, 15) is 8.42 Å². The number of hydrogen-bond acceptors (Lipinski definition) is 5. The number of nitrogens with two attached hydrogens (primary N) is 1. The van der Waals surface area contributed by atoms with E-state index in [4.69, 9.17) is 10.9 Å². The monoisotopic (exact) mass is 295 g/mol. The Morgan fingerprint density at radius 2 is 2.15 bits per heavy atom. The van der Waals surface area contributed by atoms with Crippen LogP contribution in [0.4, 0.5) is 0 Å². The molecule has 0 saturated carbocycles. The van der Waals surface area contributed by atoms with Gasteiger partial charge in [-0.1, -0.05) is 41.6 Å². The van der Waals surface area contributed by atoms with E-state index in [2.05, 4.69) is 10.5 Å². The summed E-state index contributed by atoms with van der Waals surface area (Å²) in [5.74, 6) is 0.128. The molecule has 6 nitrogen and oxygen atoms in total. The van der Waals surface area contributed by atoms with Gasteiger partial charge in [0.05, 0.1) is 5.75 Å². The second kappa shape index (κ2) is 6.06. The van der Waals surface area contributed by atoms with Crippen molar-refractivity contribution < 1.29 is 13.6 Å². The predicted octanol–water partition coefficient (Wildman–Crippen LogP) is 0.765. The summed E-state index contributed by atoms with van der Waals surface area (Å²) < 4.78 is 22.8. The van der Waals surface area contributed by atoms with Gasteiger partial charge in [0.1, 0.15) is 5.84 Å². The minimum absolute atomic E-state index is 0.0342. The predicted molar refractivity (Wildman–Crippen MR) is 77.1 cm³/mol. The van der Waals surface area contributed by atoms with Crippen molar-refractivity contribution in [3.8, 4) is 0 Å². The Bertz CT molecular complexity index is 611. The van der Waals surface area contributed by atoms with Gasteiger partial charge in [-0.3, -0.25) is 0 Å². The zero-order valence-corrected chi connectivity index (χ0v) is 11.6. The number of rotatable bonds is 5. The molecule has 4 N–H and O–H groups in total. The molecule has 1 heterocycles.